The molecule has 7 nitrogen and oxygen atoms in total. The van der Waals surface area contributed by atoms with Crippen molar-refractivity contribution >= 4 is 21.6 Å². The Hall–Kier alpha value is -2.88. The van der Waals surface area contributed by atoms with Gasteiger partial charge in [-0.3, -0.25) is 4.79 Å². The highest BCUT2D eigenvalue weighted by atomic mass is 32.2. The van der Waals surface area contributed by atoms with E-state index in [1.165, 1.54) is 12.1 Å². The summed E-state index contributed by atoms with van der Waals surface area (Å²) in [5.41, 5.74) is 0.390. The van der Waals surface area contributed by atoms with Crippen LogP contribution in [0.15, 0.2) is 35.9 Å². The van der Waals surface area contributed by atoms with E-state index in [0.29, 0.717) is 5.69 Å². The molecule has 2 aromatic rings. The fourth-order valence-corrected chi connectivity index (χ4v) is 3.97. The predicted molar refractivity (Wildman–Crippen MR) is 120 cm³/mol. The van der Waals surface area contributed by atoms with Gasteiger partial charge in [-0.2, -0.15) is 0 Å². The van der Waals surface area contributed by atoms with E-state index in [1.54, 1.807) is 6.20 Å². The van der Waals surface area contributed by atoms with Crippen LogP contribution in [-0.2, 0) is 21.8 Å². The molecule has 176 valence electrons. The molecule has 0 radical (unpaired) electrons. The van der Waals surface area contributed by atoms with Gasteiger partial charge in [0, 0.05) is 29.2 Å². The molecule has 2 N–H and O–H groups in total. The Bertz CT molecular complexity index is 1190. The molecule has 2 fully saturated rings. The van der Waals surface area contributed by atoms with Crippen LogP contribution in [0.2, 0.25) is 0 Å². The lowest BCUT2D eigenvalue weighted by molar-refractivity contribution is 0.0936. The molecular formula is C23H26F2N4O3S. The van der Waals surface area contributed by atoms with Crippen LogP contribution in [0.25, 0.3) is 0 Å². The fraction of sp³-hybridized carbons (Fsp3) is 0.435. The molecule has 0 bridgehead atoms. The highest BCUT2D eigenvalue weighted by Crippen LogP contribution is 2.46. The normalized spacial score (nSPS) is 18.2. The highest BCUT2D eigenvalue weighted by molar-refractivity contribution is 7.93. The van der Waals surface area contributed by atoms with Gasteiger partial charge in [0.25, 0.3) is 5.91 Å². The summed E-state index contributed by atoms with van der Waals surface area (Å²) >= 11 is 0. The van der Waals surface area contributed by atoms with Crippen LogP contribution in [0, 0.1) is 17.6 Å². The first-order valence-corrected chi connectivity index (χ1v) is 12.7. The number of benzene rings is 1. The second-order valence-electron chi connectivity index (χ2n) is 9.06. The zero-order valence-electron chi connectivity index (χ0n) is 18.4. The maximum atomic E-state index is 14.1. The number of hydrogen-bond acceptors (Lipinski definition) is 6. The largest absolute Gasteiger partial charge is 0.364 e. The van der Waals surface area contributed by atoms with Gasteiger partial charge in [0.05, 0.1) is 17.9 Å². The minimum Gasteiger partial charge on any atom is -0.364 e. The first-order chi connectivity index (χ1) is 15.6. The average Bonchev–Trinajstić information content (AvgIpc) is 3.67. The lowest BCUT2D eigenvalue weighted by Crippen LogP contribution is -2.36. The highest BCUT2D eigenvalue weighted by Gasteiger charge is 2.41. The van der Waals surface area contributed by atoms with Gasteiger partial charge in [0.15, 0.2) is 21.3 Å². The van der Waals surface area contributed by atoms with Crippen molar-refractivity contribution in [2.24, 2.45) is 5.92 Å². The Labute approximate surface area is 191 Å². The van der Waals surface area contributed by atoms with Crippen LogP contribution in [0.3, 0.4) is 0 Å². The minimum atomic E-state index is -3.34. The van der Waals surface area contributed by atoms with Crippen molar-refractivity contribution in [1.82, 2.24) is 15.3 Å². The summed E-state index contributed by atoms with van der Waals surface area (Å²) in [4.78, 5) is 21.9. The first-order valence-electron chi connectivity index (χ1n) is 10.8. The van der Waals surface area contributed by atoms with Gasteiger partial charge >= 0.3 is 0 Å². The van der Waals surface area contributed by atoms with E-state index in [2.05, 4.69) is 20.6 Å². The quantitative estimate of drug-likeness (QED) is 0.575. The zero-order chi connectivity index (χ0) is 23.8. The molecule has 2 aliphatic carbocycles. The molecule has 1 atom stereocenters. The molecule has 1 aromatic heterocycles. The van der Waals surface area contributed by atoms with E-state index in [9.17, 15) is 22.0 Å². The molecule has 0 spiro atoms. The number of nitrogens with one attached hydrogen (secondary N) is 2. The second kappa shape index (κ2) is 8.81. The van der Waals surface area contributed by atoms with Crippen molar-refractivity contribution in [3.05, 3.63) is 64.5 Å². The molecule has 1 amide bonds. The third-order valence-electron chi connectivity index (χ3n) is 6.06. The van der Waals surface area contributed by atoms with E-state index in [4.69, 9.17) is 0 Å². The average molecular weight is 477 g/mol. The van der Waals surface area contributed by atoms with Gasteiger partial charge in [-0.15, -0.1) is 0 Å². The van der Waals surface area contributed by atoms with Crippen molar-refractivity contribution < 1.29 is 22.0 Å². The Balaban J connectivity index is 1.60. The monoisotopic (exact) mass is 476 g/mol. The SMILES string of the molecule is CC1(c2cnc(C(=O)N[C@H](/C=C/S(C)(=O)=O)C3CC3)c(NCc3c(F)cccc3F)n2)CC1. The van der Waals surface area contributed by atoms with Crippen LogP contribution in [0.4, 0.5) is 14.6 Å². The number of hydrogen-bond donors (Lipinski definition) is 2. The summed E-state index contributed by atoms with van der Waals surface area (Å²) in [6.45, 7) is 1.82. The Morgan fingerprint density at radius 1 is 1.27 bits per heavy atom. The predicted octanol–water partition coefficient (Wildman–Crippen LogP) is 3.49. The maximum absolute atomic E-state index is 14.1. The number of amides is 1. The first kappa shape index (κ1) is 23.3. The van der Waals surface area contributed by atoms with Crippen molar-refractivity contribution in [1.29, 1.82) is 0 Å². The molecule has 2 saturated carbocycles. The molecule has 0 unspecified atom stereocenters. The maximum Gasteiger partial charge on any atom is 0.274 e. The summed E-state index contributed by atoms with van der Waals surface area (Å²) in [5.74, 6) is -1.67. The van der Waals surface area contributed by atoms with Gasteiger partial charge in [-0.25, -0.2) is 27.2 Å². The van der Waals surface area contributed by atoms with E-state index in [0.717, 1.165) is 49.5 Å². The summed E-state index contributed by atoms with van der Waals surface area (Å²) in [5, 5.41) is 6.78. The molecular weight excluding hydrogens is 450 g/mol. The Morgan fingerprint density at radius 3 is 2.52 bits per heavy atom. The minimum absolute atomic E-state index is 0.0156. The number of anilines is 1. The van der Waals surface area contributed by atoms with Crippen LogP contribution in [-0.4, -0.2) is 36.6 Å². The number of aromatic nitrogens is 2. The number of nitrogens with zero attached hydrogens (tertiary/aromatic N) is 2. The van der Waals surface area contributed by atoms with Gasteiger partial charge in [-0.05, 0) is 43.7 Å². The number of carbonyl (C=O) groups is 1. The van der Waals surface area contributed by atoms with Gasteiger partial charge < -0.3 is 10.6 Å². The van der Waals surface area contributed by atoms with Gasteiger partial charge in [0.2, 0.25) is 0 Å². The van der Waals surface area contributed by atoms with Crippen molar-refractivity contribution in [3.8, 4) is 0 Å². The van der Waals surface area contributed by atoms with Crippen molar-refractivity contribution in [2.75, 3.05) is 11.6 Å². The number of carbonyl (C=O) groups excluding carboxylic acids is 1. The lowest BCUT2D eigenvalue weighted by Gasteiger charge is -2.17. The molecule has 0 aliphatic heterocycles. The summed E-state index contributed by atoms with van der Waals surface area (Å²) in [6, 6.07) is 3.14. The summed E-state index contributed by atoms with van der Waals surface area (Å²) < 4.78 is 51.2. The topological polar surface area (TPSA) is 101 Å². The van der Waals surface area contributed by atoms with Crippen molar-refractivity contribution in [3.63, 3.8) is 0 Å². The third kappa shape index (κ3) is 5.73. The molecule has 1 aromatic carbocycles. The standard InChI is InChI=1S/C23H26F2N4O3S/c1-23(9-10-23)19-13-26-20(21(29-19)27-12-15-16(24)4-3-5-17(15)25)22(30)28-18(14-6-7-14)8-11-33(2,31)32/h3-5,8,11,13-14,18H,6-7,9-10,12H2,1-2H3,(H,27,29)(H,28,30)/b11-8+/t18-/m1/s1. The van der Waals surface area contributed by atoms with Crippen LogP contribution < -0.4 is 10.6 Å². The van der Waals surface area contributed by atoms with E-state index in [1.807, 2.05) is 6.92 Å². The molecule has 1 heterocycles. The Morgan fingerprint density at radius 2 is 1.94 bits per heavy atom. The number of halogens is 2. The zero-order valence-corrected chi connectivity index (χ0v) is 19.3. The van der Waals surface area contributed by atoms with Crippen molar-refractivity contribution in [2.45, 2.75) is 50.6 Å². The molecule has 4 rings (SSSR count). The van der Waals surface area contributed by atoms with Crippen LogP contribution in [0.1, 0.15) is 54.4 Å². The summed E-state index contributed by atoms with van der Waals surface area (Å²) in [7, 11) is -3.34. The van der Waals surface area contributed by atoms with E-state index < -0.39 is 33.4 Å². The van der Waals surface area contributed by atoms with E-state index >= 15 is 0 Å². The van der Waals surface area contributed by atoms with E-state index in [-0.39, 0.29) is 35.0 Å². The molecule has 10 heteroatoms. The fourth-order valence-electron chi connectivity index (χ4n) is 3.51. The molecule has 33 heavy (non-hydrogen) atoms. The smallest absolute Gasteiger partial charge is 0.274 e. The molecule has 2 aliphatic rings. The second-order valence-corrected chi connectivity index (χ2v) is 11.0. The van der Waals surface area contributed by atoms with Gasteiger partial charge in [-0.1, -0.05) is 19.1 Å². The lowest BCUT2D eigenvalue weighted by atomic mass is 10.1. The summed E-state index contributed by atoms with van der Waals surface area (Å²) in [6.07, 6.45) is 7.74. The number of rotatable bonds is 9. The third-order valence-corrected chi connectivity index (χ3v) is 6.71. The van der Waals surface area contributed by atoms with Gasteiger partial charge in [0.1, 0.15) is 11.6 Å². The van der Waals surface area contributed by atoms with Crippen LogP contribution >= 0.6 is 0 Å². The molecule has 0 saturated heterocycles. The van der Waals surface area contributed by atoms with Crippen LogP contribution in [0.5, 0.6) is 0 Å². The Kier molecular flexibility index (Phi) is 6.22. The number of sulfone groups is 1.